The third kappa shape index (κ3) is 4.88. The molecule has 168 valence electrons. The Morgan fingerprint density at radius 2 is 2.00 bits per heavy atom. The Balaban J connectivity index is 2.20. The zero-order valence-corrected chi connectivity index (χ0v) is 20.0. The van der Waals surface area contributed by atoms with Gasteiger partial charge in [0.25, 0.3) is 5.56 Å². The van der Waals surface area contributed by atoms with E-state index in [0.717, 1.165) is 10.9 Å². The summed E-state index contributed by atoms with van der Waals surface area (Å²) in [5, 5.41) is 16.4. The van der Waals surface area contributed by atoms with Crippen molar-refractivity contribution in [2.75, 3.05) is 0 Å². The molecule has 1 aromatic heterocycles. The number of nitrogens with zero attached hydrogens (tertiary/aromatic N) is 4. The fourth-order valence-corrected chi connectivity index (χ4v) is 3.46. The van der Waals surface area contributed by atoms with Crippen LogP contribution in [0.25, 0.3) is 10.9 Å². The molecule has 32 heavy (non-hydrogen) atoms. The van der Waals surface area contributed by atoms with E-state index in [1.807, 2.05) is 33.8 Å². The Labute approximate surface area is 194 Å². The van der Waals surface area contributed by atoms with E-state index >= 15 is 0 Å². The Morgan fingerprint density at radius 1 is 1.25 bits per heavy atom. The number of para-hydroxylation sites is 1. The van der Waals surface area contributed by atoms with Crippen molar-refractivity contribution in [1.82, 2.24) is 9.66 Å². The van der Waals surface area contributed by atoms with Gasteiger partial charge in [0.2, 0.25) is 5.75 Å². The number of rotatable bonds is 8. The van der Waals surface area contributed by atoms with Crippen LogP contribution in [0.4, 0.5) is 5.69 Å². The lowest BCUT2D eigenvalue weighted by Crippen LogP contribution is -2.23. The smallest absolute Gasteiger partial charge is 0.311 e. The molecule has 1 heterocycles. The van der Waals surface area contributed by atoms with Crippen LogP contribution in [-0.2, 0) is 0 Å². The van der Waals surface area contributed by atoms with Crippen molar-refractivity contribution in [3.63, 3.8) is 0 Å². The molecule has 9 heteroatoms. The van der Waals surface area contributed by atoms with Crippen molar-refractivity contribution in [2.45, 2.75) is 52.6 Å². The molecule has 0 radical (unpaired) electrons. The minimum atomic E-state index is -0.485. The number of halogens is 1. The number of nitro benzene ring substituents is 1. The number of ether oxygens (including phenoxy) is 1. The van der Waals surface area contributed by atoms with Gasteiger partial charge in [-0.3, -0.25) is 14.9 Å². The first kappa shape index (κ1) is 23.6. The van der Waals surface area contributed by atoms with Crippen LogP contribution in [0.5, 0.6) is 5.75 Å². The van der Waals surface area contributed by atoms with E-state index in [2.05, 4.69) is 26.0 Å². The number of nitro groups is 1. The normalized spacial score (nSPS) is 13.4. The van der Waals surface area contributed by atoms with E-state index in [0.29, 0.717) is 28.7 Å². The average molecular weight is 501 g/mol. The van der Waals surface area contributed by atoms with Crippen molar-refractivity contribution < 1.29 is 9.66 Å². The molecule has 0 saturated heterocycles. The SMILES string of the molecule is CC[C@@H](C)Oc1c(C=Nn2c([C@@H](C)CC)nc3ccc(Br)cc3c2=O)cccc1[N+](=O)[O-]. The summed E-state index contributed by atoms with van der Waals surface area (Å²) >= 11 is 3.39. The van der Waals surface area contributed by atoms with E-state index in [9.17, 15) is 14.9 Å². The van der Waals surface area contributed by atoms with Crippen molar-refractivity contribution >= 4 is 38.7 Å². The molecule has 0 saturated carbocycles. The van der Waals surface area contributed by atoms with Crippen LogP contribution in [0.2, 0.25) is 0 Å². The number of hydrogen-bond donors (Lipinski definition) is 0. The van der Waals surface area contributed by atoms with Crippen LogP contribution in [-0.4, -0.2) is 26.9 Å². The van der Waals surface area contributed by atoms with E-state index in [1.54, 1.807) is 24.3 Å². The molecule has 0 aliphatic carbocycles. The highest BCUT2D eigenvalue weighted by Crippen LogP contribution is 2.31. The first-order chi connectivity index (χ1) is 15.3. The summed E-state index contributed by atoms with van der Waals surface area (Å²) in [6.45, 7) is 7.76. The predicted molar refractivity (Wildman–Crippen MR) is 129 cm³/mol. The van der Waals surface area contributed by atoms with Crippen LogP contribution in [0.3, 0.4) is 0 Å². The van der Waals surface area contributed by atoms with Crippen molar-refractivity contribution in [2.24, 2.45) is 5.10 Å². The lowest BCUT2D eigenvalue weighted by molar-refractivity contribution is -0.386. The van der Waals surface area contributed by atoms with E-state index in [4.69, 9.17) is 4.74 Å². The van der Waals surface area contributed by atoms with Crippen molar-refractivity contribution in [1.29, 1.82) is 0 Å². The van der Waals surface area contributed by atoms with Crippen LogP contribution >= 0.6 is 15.9 Å². The van der Waals surface area contributed by atoms with E-state index < -0.39 is 4.92 Å². The number of benzene rings is 2. The van der Waals surface area contributed by atoms with Gasteiger partial charge in [-0.2, -0.15) is 9.78 Å². The van der Waals surface area contributed by atoms with Crippen molar-refractivity contribution in [3.8, 4) is 5.75 Å². The minimum absolute atomic E-state index is 0.0196. The van der Waals surface area contributed by atoms with Gasteiger partial charge in [0.15, 0.2) is 0 Å². The molecule has 0 amide bonds. The van der Waals surface area contributed by atoms with Gasteiger partial charge in [0.05, 0.1) is 28.1 Å². The maximum Gasteiger partial charge on any atom is 0.311 e. The third-order valence-corrected chi connectivity index (χ3v) is 5.81. The quantitative estimate of drug-likeness (QED) is 0.226. The zero-order valence-electron chi connectivity index (χ0n) is 18.4. The lowest BCUT2D eigenvalue weighted by atomic mass is 10.1. The number of aromatic nitrogens is 2. The summed E-state index contributed by atoms with van der Waals surface area (Å²) in [6.07, 6.45) is 2.65. The average Bonchev–Trinajstić information content (AvgIpc) is 2.78. The second-order valence-electron chi connectivity index (χ2n) is 7.59. The molecule has 0 fully saturated rings. The molecule has 0 unspecified atom stereocenters. The molecule has 2 atom stereocenters. The summed E-state index contributed by atoms with van der Waals surface area (Å²) in [4.78, 5) is 29.0. The van der Waals surface area contributed by atoms with Gasteiger partial charge in [0.1, 0.15) is 5.82 Å². The molecule has 8 nitrogen and oxygen atoms in total. The van der Waals surface area contributed by atoms with Gasteiger partial charge in [0, 0.05) is 22.0 Å². The summed E-state index contributed by atoms with van der Waals surface area (Å²) in [5.74, 6) is 0.637. The van der Waals surface area contributed by atoms with Crippen LogP contribution < -0.4 is 10.3 Å². The third-order valence-electron chi connectivity index (χ3n) is 5.31. The standard InChI is InChI=1S/C23H25BrN4O4/c1-5-14(3)22-26-19-11-10-17(24)12-18(19)23(29)27(22)25-13-16-8-7-9-20(28(30)31)21(16)32-15(4)6-2/h7-15H,5-6H2,1-4H3/t14-,15+/m0/s1. The molecule has 3 rings (SSSR count). The summed E-state index contributed by atoms with van der Waals surface area (Å²) in [5.41, 5.74) is 0.550. The maximum atomic E-state index is 13.3. The maximum absolute atomic E-state index is 13.3. The van der Waals surface area contributed by atoms with E-state index in [1.165, 1.54) is 17.0 Å². The summed E-state index contributed by atoms with van der Waals surface area (Å²) < 4.78 is 7.88. The highest BCUT2D eigenvalue weighted by Gasteiger charge is 2.21. The fraction of sp³-hybridized carbons (Fsp3) is 0.348. The second-order valence-corrected chi connectivity index (χ2v) is 8.51. The molecule has 3 aromatic rings. The highest BCUT2D eigenvalue weighted by molar-refractivity contribution is 9.10. The van der Waals surface area contributed by atoms with Gasteiger partial charge in [-0.05, 0) is 44.0 Å². The van der Waals surface area contributed by atoms with Gasteiger partial charge in [-0.25, -0.2) is 4.98 Å². The Hall–Kier alpha value is -3.07. The van der Waals surface area contributed by atoms with Gasteiger partial charge in [-0.15, -0.1) is 0 Å². The molecule has 0 bridgehead atoms. The topological polar surface area (TPSA) is 99.6 Å². The van der Waals surface area contributed by atoms with Crippen molar-refractivity contribution in [3.05, 3.63) is 72.7 Å². The Kier molecular flexibility index (Phi) is 7.40. The second kappa shape index (κ2) is 10.0. The van der Waals surface area contributed by atoms with Gasteiger partial charge >= 0.3 is 5.69 Å². The molecule has 0 spiro atoms. The van der Waals surface area contributed by atoms with E-state index in [-0.39, 0.29) is 29.0 Å². The predicted octanol–water partition coefficient (Wildman–Crippen LogP) is 5.64. The minimum Gasteiger partial charge on any atom is -0.483 e. The monoisotopic (exact) mass is 500 g/mol. The number of hydrogen-bond acceptors (Lipinski definition) is 6. The summed E-state index contributed by atoms with van der Waals surface area (Å²) in [6, 6.07) is 9.97. The Bertz CT molecular complexity index is 1240. The van der Waals surface area contributed by atoms with Crippen LogP contribution in [0.1, 0.15) is 57.8 Å². The van der Waals surface area contributed by atoms with Gasteiger partial charge in [-0.1, -0.05) is 42.8 Å². The zero-order chi connectivity index (χ0) is 23.4. The highest BCUT2D eigenvalue weighted by atomic mass is 79.9. The molecule has 0 aliphatic heterocycles. The number of fused-ring (bicyclic) bond motifs is 1. The van der Waals surface area contributed by atoms with Crippen LogP contribution in [0.15, 0.2) is 50.8 Å². The first-order valence-electron chi connectivity index (χ1n) is 10.5. The summed E-state index contributed by atoms with van der Waals surface area (Å²) in [7, 11) is 0. The first-order valence-corrected chi connectivity index (χ1v) is 11.3. The molecular formula is C23H25BrN4O4. The molecular weight excluding hydrogens is 476 g/mol. The fourth-order valence-electron chi connectivity index (χ4n) is 3.10. The molecule has 0 aliphatic rings. The van der Waals surface area contributed by atoms with Crippen LogP contribution in [0, 0.1) is 10.1 Å². The lowest BCUT2D eigenvalue weighted by Gasteiger charge is -2.15. The Morgan fingerprint density at radius 3 is 2.66 bits per heavy atom. The van der Waals surface area contributed by atoms with Gasteiger partial charge < -0.3 is 4.74 Å². The molecule has 0 N–H and O–H groups in total. The largest absolute Gasteiger partial charge is 0.483 e. The molecule has 2 aromatic carbocycles.